The van der Waals surface area contributed by atoms with Gasteiger partial charge in [-0.15, -0.1) is 4.72 Å². The summed E-state index contributed by atoms with van der Waals surface area (Å²) in [5, 5.41) is 0. The van der Waals surface area contributed by atoms with Crippen molar-refractivity contribution in [2.24, 2.45) is 5.41 Å². The van der Waals surface area contributed by atoms with Crippen LogP contribution < -0.4 is 9.62 Å². The van der Waals surface area contributed by atoms with Crippen LogP contribution in [0.4, 0.5) is 5.82 Å². The van der Waals surface area contributed by atoms with Gasteiger partial charge in [0.25, 0.3) is 0 Å². The largest absolute Gasteiger partial charge is 0.598 e. The third kappa shape index (κ3) is 3.80. The highest BCUT2D eigenvalue weighted by molar-refractivity contribution is 9.10. The van der Waals surface area contributed by atoms with Crippen LogP contribution in [0.1, 0.15) is 46.2 Å². The number of nitrogens with one attached hydrogen (secondary N) is 1. The highest BCUT2D eigenvalue weighted by Crippen LogP contribution is 2.44. The van der Waals surface area contributed by atoms with Gasteiger partial charge < -0.3 is 14.2 Å². The lowest BCUT2D eigenvalue weighted by molar-refractivity contribution is 0.0973. The molecule has 2 aromatic heterocycles. The molecular formula is C20H30BrN5O2S. The molecule has 2 aliphatic heterocycles. The van der Waals surface area contributed by atoms with Gasteiger partial charge in [0.1, 0.15) is 21.2 Å². The van der Waals surface area contributed by atoms with Crippen LogP contribution in [-0.4, -0.2) is 55.5 Å². The van der Waals surface area contributed by atoms with Crippen molar-refractivity contribution in [1.82, 2.24) is 19.1 Å². The molecule has 3 atom stereocenters. The van der Waals surface area contributed by atoms with E-state index in [9.17, 15) is 4.55 Å². The Bertz CT molecular complexity index is 891. The Balaban J connectivity index is 1.54. The predicted octanol–water partition coefficient (Wildman–Crippen LogP) is 3.23. The van der Waals surface area contributed by atoms with E-state index in [1.165, 1.54) is 0 Å². The minimum Gasteiger partial charge on any atom is -0.598 e. The number of ether oxygens (including phenoxy) is 1. The van der Waals surface area contributed by atoms with Crippen LogP contribution in [0.5, 0.6) is 0 Å². The quantitative estimate of drug-likeness (QED) is 0.675. The first-order valence-electron chi connectivity index (χ1n) is 10.2. The first kappa shape index (κ1) is 21.4. The van der Waals surface area contributed by atoms with E-state index >= 15 is 0 Å². The second-order valence-corrected chi connectivity index (χ2v) is 12.1. The van der Waals surface area contributed by atoms with E-state index in [0.717, 1.165) is 54.2 Å². The Hall–Kier alpha value is -0.870. The van der Waals surface area contributed by atoms with E-state index in [2.05, 4.69) is 37.5 Å². The zero-order valence-electron chi connectivity index (χ0n) is 17.7. The molecule has 9 heteroatoms. The minimum absolute atomic E-state index is 0.0117. The molecule has 0 radical (unpaired) electrons. The average molecular weight is 484 g/mol. The highest BCUT2D eigenvalue weighted by atomic mass is 79.9. The molecule has 1 spiro atoms. The van der Waals surface area contributed by atoms with Crippen LogP contribution in [0.25, 0.3) is 5.52 Å². The SMILES string of the molecule is Cc1nc(N2CCC3(CC2)COC(C)C3N[S+]([O-])C(C)(C)C)c2cncn2c1Br. The molecule has 3 unspecified atom stereocenters. The van der Waals surface area contributed by atoms with Crippen LogP contribution in [0.15, 0.2) is 17.1 Å². The van der Waals surface area contributed by atoms with Gasteiger partial charge in [0.2, 0.25) is 0 Å². The van der Waals surface area contributed by atoms with Crippen molar-refractivity contribution in [2.45, 2.75) is 64.4 Å². The third-order valence-electron chi connectivity index (χ3n) is 6.26. The number of anilines is 1. The van der Waals surface area contributed by atoms with Gasteiger partial charge in [0, 0.05) is 29.9 Å². The van der Waals surface area contributed by atoms with Gasteiger partial charge in [0.15, 0.2) is 5.82 Å². The van der Waals surface area contributed by atoms with Crippen molar-refractivity contribution >= 4 is 38.6 Å². The maximum absolute atomic E-state index is 12.8. The molecule has 1 N–H and O–H groups in total. The number of imidazole rings is 1. The number of rotatable bonds is 3. The van der Waals surface area contributed by atoms with Crippen molar-refractivity contribution in [3.8, 4) is 0 Å². The Kier molecular flexibility index (Phi) is 5.65. The number of aryl methyl sites for hydroxylation is 1. The van der Waals surface area contributed by atoms with E-state index in [1.807, 2.05) is 44.6 Å². The molecule has 7 nitrogen and oxygen atoms in total. The molecular weight excluding hydrogens is 454 g/mol. The van der Waals surface area contributed by atoms with Crippen LogP contribution in [-0.2, 0) is 16.1 Å². The van der Waals surface area contributed by atoms with Crippen molar-refractivity contribution in [1.29, 1.82) is 0 Å². The lowest BCUT2D eigenvalue weighted by Crippen LogP contribution is -2.56. The van der Waals surface area contributed by atoms with Crippen molar-refractivity contribution in [3.63, 3.8) is 0 Å². The molecule has 0 amide bonds. The van der Waals surface area contributed by atoms with E-state index in [1.54, 1.807) is 0 Å². The standard InChI is InChI=1S/C20H30BrN5O2S/c1-13-17(21)26-12-22-10-15(26)18(23-13)25-8-6-20(7-9-25)11-28-14(2)16(20)24-29(27)19(3,4)5/h10,12,14,16,24H,6-9,11H2,1-5H3. The Morgan fingerprint density at radius 3 is 2.69 bits per heavy atom. The predicted molar refractivity (Wildman–Crippen MR) is 120 cm³/mol. The lowest BCUT2D eigenvalue weighted by Gasteiger charge is -2.43. The number of hydrogen-bond acceptors (Lipinski definition) is 6. The summed E-state index contributed by atoms with van der Waals surface area (Å²) in [4.78, 5) is 11.5. The molecule has 0 aliphatic carbocycles. The summed E-state index contributed by atoms with van der Waals surface area (Å²) in [6, 6.07) is 0.0966. The third-order valence-corrected chi connectivity index (χ3v) is 8.80. The molecule has 29 heavy (non-hydrogen) atoms. The number of piperidine rings is 1. The highest BCUT2D eigenvalue weighted by Gasteiger charge is 2.52. The molecule has 4 heterocycles. The maximum atomic E-state index is 12.8. The van der Waals surface area contributed by atoms with E-state index in [-0.39, 0.29) is 22.3 Å². The van der Waals surface area contributed by atoms with Gasteiger partial charge in [-0.1, -0.05) is 0 Å². The molecule has 0 saturated carbocycles. The molecule has 0 aromatic carbocycles. The minimum atomic E-state index is -1.11. The maximum Gasteiger partial charge on any atom is 0.154 e. The first-order chi connectivity index (χ1) is 13.6. The van der Waals surface area contributed by atoms with E-state index in [4.69, 9.17) is 9.72 Å². The second-order valence-electron chi connectivity index (χ2n) is 9.30. The molecule has 2 saturated heterocycles. The summed E-state index contributed by atoms with van der Waals surface area (Å²) in [5.74, 6) is 0.979. The molecule has 160 valence electrons. The smallest absolute Gasteiger partial charge is 0.154 e. The van der Waals surface area contributed by atoms with Gasteiger partial charge in [-0.05, 0) is 63.4 Å². The fraction of sp³-hybridized carbons (Fsp3) is 0.700. The van der Waals surface area contributed by atoms with Crippen molar-refractivity contribution in [2.75, 3.05) is 24.6 Å². The summed E-state index contributed by atoms with van der Waals surface area (Å²) in [6.07, 6.45) is 5.70. The van der Waals surface area contributed by atoms with Gasteiger partial charge in [0.05, 0.1) is 30.6 Å². The molecule has 0 bridgehead atoms. The summed E-state index contributed by atoms with van der Waals surface area (Å²) in [5.41, 5.74) is 1.97. The molecule has 2 aliphatic rings. The van der Waals surface area contributed by atoms with Crippen molar-refractivity contribution in [3.05, 3.63) is 22.8 Å². The van der Waals surface area contributed by atoms with E-state index in [0.29, 0.717) is 0 Å². The van der Waals surface area contributed by atoms with Gasteiger partial charge in [-0.2, -0.15) is 0 Å². The molecule has 2 fully saturated rings. The summed E-state index contributed by atoms with van der Waals surface area (Å²) in [6.45, 7) is 12.6. The first-order valence-corrected chi connectivity index (χ1v) is 12.1. The Labute approximate surface area is 184 Å². The number of nitrogens with zero attached hydrogens (tertiary/aromatic N) is 4. The average Bonchev–Trinajstić information content (AvgIpc) is 3.26. The molecule has 4 rings (SSSR count). The van der Waals surface area contributed by atoms with Crippen molar-refractivity contribution < 1.29 is 9.29 Å². The monoisotopic (exact) mass is 483 g/mol. The van der Waals surface area contributed by atoms with Crippen LogP contribution in [0, 0.1) is 12.3 Å². The number of aromatic nitrogens is 3. The fourth-order valence-electron chi connectivity index (χ4n) is 4.40. The Morgan fingerprint density at radius 1 is 1.34 bits per heavy atom. The fourth-order valence-corrected chi connectivity index (χ4v) is 5.80. The van der Waals surface area contributed by atoms with Crippen LogP contribution in [0.3, 0.4) is 0 Å². The summed E-state index contributed by atoms with van der Waals surface area (Å²) < 4.78 is 24.9. The topological polar surface area (TPSA) is 77.8 Å². The zero-order valence-corrected chi connectivity index (χ0v) is 20.1. The molecule has 2 aromatic rings. The van der Waals surface area contributed by atoms with Crippen LogP contribution >= 0.6 is 15.9 Å². The number of hydrogen-bond donors (Lipinski definition) is 1. The number of fused-ring (bicyclic) bond motifs is 1. The van der Waals surface area contributed by atoms with Gasteiger partial charge in [-0.3, -0.25) is 4.40 Å². The lowest BCUT2D eigenvalue weighted by atomic mass is 9.73. The normalized spacial score (nSPS) is 25.8. The van der Waals surface area contributed by atoms with Gasteiger partial charge >= 0.3 is 0 Å². The summed E-state index contributed by atoms with van der Waals surface area (Å²) >= 11 is 2.50. The number of halogens is 1. The van der Waals surface area contributed by atoms with Gasteiger partial charge in [-0.25, -0.2) is 9.97 Å². The Morgan fingerprint density at radius 2 is 2.03 bits per heavy atom. The zero-order chi connectivity index (χ0) is 21.0. The van der Waals surface area contributed by atoms with Crippen LogP contribution in [0.2, 0.25) is 0 Å². The second kappa shape index (κ2) is 7.67. The summed E-state index contributed by atoms with van der Waals surface area (Å²) in [7, 11) is 0. The van der Waals surface area contributed by atoms with E-state index < -0.39 is 11.4 Å².